The summed E-state index contributed by atoms with van der Waals surface area (Å²) in [6.07, 6.45) is 7.79. The third-order valence-electron chi connectivity index (χ3n) is 6.38. The quantitative estimate of drug-likeness (QED) is 0.652. The fraction of sp³-hybridized carbons (Fsp3) is 0.480. The average molecular weight is 470 g/mol. The number of aromatic amines is 1. The van der Waals surface area contributed by atoms with Gasteiger partial charge in [0.25, 0.3) is 5.91 Å². The highest BCUT2D eigenvalue weighted by molar-refractivity contribution is 6.03. The number of carbonyl (C=O) groups is 1. The summed E-state index contributed by atoms with van der Waals surface area (Å²) >= 11 is 0. The molecule has 1 amide bonds. The summed E-state index contributed by atoms with van der Waals surface area (Å²) in [5.41, 5.74) is 4.99. The van der Waals surface area contributed by atoms with Crippen molar-refractivity contribution in [3.8, 4) is 6.07 Å². The minimum Gasteiger partial charge on any atom is -0.379 e. The van der Waals surface area contributed by atoms with Crippen molar-refractivity contribution in [1.82, 2.24) is 14.9 Å². The minimum atomic E-state index is -0.342. The van der Waals surface area contributed by atoms with E-state index in [9.17, 15) is 4.79 Å². The number of nitriles is 1. The van der Waals surface area contributed by atoms with E-state index >= 15 is 0 Å². The van der Waals surface area contributed by atoms with Gasteiger partial charge in [0.15, 0.2) is 5.82 Å². The monoisotopic (exact) mass is 469 g/mol. The van der Waals surface area contributed by atoms with E-state index in [1.807, 2.05) is 12.1 Å². The second-order valence-electron chi connectivity index (χ2n) is 9.39. The van der Waals surface area contributed by atoms with Crippen molar-refractivity contribution in [2.75, 3.05) is 38.2 Å². The van der Waals surface area contributed by atoms with E-state index in [-0.39, 0.29) is 29.8 Å². The Labute approximate surface area is 201 Å². The number of morpholine rings is 1. The molecule has 8 heteroatoms. The van der Waals surface area contributed by atoms with Crippen molar-refractivity contribution in [2.24, 2.45) is 5.41 Å². The molecule has 33 heavy (non-hydrogen) atoms. The fourth-order valence-electron chi connectivity index (χ4n) is 4.23. The first kappa shape index (κ1) is 25.0. The van der Waals surface area contributed by atoms with Crippen LogP contribution in [0.15, 0.2) is 30.5 Å². The minimum absolute atomic E-state index is 0. The lowest BCUT2D eigenvalue weighted by Gasteiger charge is -2.30. The highest BCUT2D eigenvalue weighted by atomic mass is 35.5. The maximum atomic E-state index is 12.7. The number of nitrogens with zero attached hydrogens (tertiary/aromatic N) is 3. The number of allylic oxidation sites excluding steroid dienone is 2. The molecule has 7 nitrogen and oxygen atoms in total. The van der Waals surface area contributed by atoms with E-state index in [0.29, 0.717) is 5.41 Å². The van der Waals surface area contributed by atoms with E-state index < -0.39 is 0 Å². The molecule has 4 rings (SSSR count). The van der Waals surface area contributed by atoms with Crippen molar-refractivity contribution < 1.29 is 9.53 Å². The molecule has 176 valence electrons. The Morgan fingerprint density at radius 1 is 1.33 bits per heavy atom. The third kappa shape index (κ3) is 6.44. The Morgan fingerprint density at radius 2 is 2.12 bits per heavy atom. The van der Waals surface area contributed by atoms with Crippen LogP contribution in [-0.2, 0) is 11.2 Å². The lowest BCUT2D eigenvalue weighted by atomic mass is 9.76. The molecule has 1 aliphatic carbocycles. The predicted octanol–water partition coefficient (Wildman–Crippen LogP) is 4.42. The van der Waals surface area contributed by atoms with Crippen LogP contribution >= 0.6 is 12.4 Å². The second-order valence-corrected chi connectivity index (χ2v) is 9.39. The molecule has 0 saturated carbocycles. The molecule has 0 bridgehead atoms. The zero-order valence-electron chi connectivity index (χ0n) is 19.3. The van der Waals surface area contributed by atoms with E-state index in [1.54, 1.807) is 0 Å². The van der Waals surface area contributed by atoms with Crippen LogP contribution in [0.25, 0.3) is 5.57 Å². The first-order valence-electron chi connectivity index (χ1n) is 11.3. The number of anilines is 1. The van der Waals surface area contributed by atoms with Gasteiger partial charge in [-0.1, -0.05) is 26.0 Å². The molecule has 2 heterocycles. The van der Waals surface area contributed by atoms with Crippen LogP contribution in [0.3, 0.4) is 0 Å². The summed E-state index contributed by atoms with van der Waals surface area (Å²) < 4.78 is 5.45. The molecule has 1 aromatic carbocycles. The van der Waals surface area contributed by atoms with Crippen LogP contribution in [0.4, 0.5) is 5.69 Å². The van der Waals surface area contributed by atoms with Gasteiger partial charge in [-0.15, -0.1) is 12.4 Å². The molecule has 2 N–H and O–H groups in total. The second kappa shape index (κ2) is 11.0. The lowest BCUT2D eigenvalue weighted by Crippen LogP contribution is -2.37. The molecule has 0 spiro atoms. The number of hydrogen-bond donors (Lipinski definition) is 2. The van der Waals surface area contributed by atoms with Gasteiger partial charge in [0.05, 0.1) is 19.4 Å². The molecule has 1 saturated heterocycles. The lowest BCUT2D eigenvalue weighted by molar-refractivity contribution is 0.0384. The molecule has 0 radical (unpaired) electrons. The van der Waals surface area contributed by atoms with Gasteiger partial charge in [0.2, 0.25) is 0 Å². The Balaban J connectivity index is 0.00000306. The summed E-state index contributed by atoms with van der Waals surface area (Å²) in [6, 6.07) is 8.28. The highest BCUT2D eigenvalue weighted by Gasteiger charge is 2.24. The summed E-state index contributed by atoms with van der Waals surface area (Å²) in [4.78, 5) is 22.0. The summed E-state index contributed by atoms with van der Waals surface area (Å²) in [5, 5.41) is 12.0. The Hall–Kier alpha value is -2.66. The summed E-state index contributed by atoms with van der Waals surface area (Å²) in [5.74, 6) is -0.201. The number of hydrogen-bond acceptors (Lipinski definition) is 5. The van der Waals surface area contributed by atoms with Gasteiger partial charge in [-0.3, -0.25) is 9.69 Å². The molecule has 2 aromatic rings. The number of rotatable bonds is 6. The Kier molecular flexibility index (Phi) is 8.30. The average Bonchev–Trinajstić information content (AvgIpc) is 3.29. The number of H-pyrrole nitrogens is 1. The van der Waals surface area contributed by atoms with Crippen molar-refractivity contribution in [3.63, 3.8) is 0 Å². The van der Waals surface area contributed by atoms with Gasteiger partial charge in [0, 0.05) is 30.9 Å². The smallest absolute Gasteiger partial charge is 0.291 e. The molecule has 0 atom stereocenters. The van der Waals surface area contributed by atoms with E-state index in [0.717, 1.165) is 69.8 Å². The molecule has 2 aliphatic rings. The fourth-order valence-corrected chi connectivity index (χ4v) is 4.23. The molecule has 1 aromatic heterocycles. The first-order valence-corrected chi connectivity index (χ1v) is 11.3. The SMILES string of the molecule is CC1(C)CC=C(c2cc(CCN3CCOCC3)ccc2NC(=O)c2ncc(C#N)[nH]2)CC1.Cl. The van der Waals surface area contributed by atoms with Gasteiger partial charge >= 0.3 is 0 Å². The zero-order chi connectivity index (χ0) is 22.6. The normalized spacial score (nSPS) is 18.0. The van der Waals surface area contributed by atoms with Crippen LogP contribution in [-0.4, -0.2) is 53.6 Å². The van der Waals surface area contributed by atoms with Crippen LogP contribution < -0.4 is 5.32 Å². The maximum absolute atomic E-state index is 12.7. The summed E-state index contributed by atoms with van der Waals surface area (Å²) in [6.45, 7) is 9.17. The zero-order valence-corrected chi connectivity index (χ0v) is 20.1. The first-order chi connectivity index (χ1) is 15.4. The molecule has 0 unspecified atom stereocenters. The number of aromatic nitrogens is 2. The maximum Gasteiger partial charge on any atom is 0.291 e. The summed E-state index contributed by atoms with van der Waals surface area (Å²) in [7, 11) is 0. The van der Waals surface area contributed by atoms with Crippen LogP contribution in [0, 0.1) is 16.7 Å². The van der Waals surface area contributed by atoms with Crippen LogP contribution in [0.1, 0.15) is 60.5 Å². The van der Waals surface area contributed by atoms with Crippen molar-refractivity contribution in [2.45, 2.75) is 39.5 Å². The molecule has 1 fully saturated rings. The number of amides is 1. The third-order valence-corrected chi connectivity index (χ3v) is 6.38. The molecular weight excluding hydrogens is 438 g/mol. The van der Waals surface area contributed by atoms with E-state index in [2.05, 4.69) is 52.2 Å². The number of benzene rings is 1. The van der Waals surface area contributed by atoms with Crippen molar-refractivity contribution in [3.05, 3.63) is 53.1 Å². The van der Waals surface area contributed by atoms with Crippen LogP contribution in [0.5, 0.6) is 0 Å². The standard InChI is InChI=1S/C25H31N5O2.ClH/c1-25(2)8-5-19(6-9-25)21-15-18(7-10-30-11-13-32-14-12-30)3-4-22(21)29-24(31)23-27-17-20(16-26)28-23;/h3-5,15,17H,6-14H2,1-2H3,(H,27,28)(H,29,31);1H. The van der Waals surface area contributed by atoms with Gasteiger partial charge in [-0.25, -0.2) is 4.98 Å². The van der Waals surface area contributed by atoms with Crippen LogP contribution in [0.2, 0.25) is 0 Å². The number of nitrogens with one attached hydrogen (secondary N) is 2. The Morgan fingerprint density at radius 3 is 2.79 bits per heavy atom. The topological polar surface area (TPSA) is 94.0 Å². The number of ether oxygens (including phenoxy) is 1. The van der Waals surface area contributed by atoms with Gasteiger partial charge in [-0.05, 0) is 54.4 Å². The largest absolute Gasteiger partial charge is 0.379 e. The van der Waals surface area contributed by atoms with Gasteiger partial charge in [0.1, 0.15) is 11.8 Å². The van der Waals surface area contributed by atoms with E-state index in [4.69, 9.17) is 10.00 Å². The highest BCUT2D eigenvalue weighted by Crippen LogP contribution is 2.40. The van der Waals surface area contributed by atoms with Gasteiger partial charge in [-0.2, -0.15) is 5.26 Å². The molecular formula is C25H32ClN5O2. The number of imidazole rings is 1. The van der Waals surface area contributed by atoms with Crippen molar-refractivity contribution >= 4 is 29.6 Å². The van der Waals surface area contributed by atoms with Crippen molar-refractivity contribution in [1.29, 1.82) is 5.26 Å². The predicted molar refractivity (Wildman–Crippen MR) is 132 cm³/mol. The van der Waals surface area contributed by atoms with E-state index in [1.165, 1.54) is 17.3 Å². The number of halogens is 1. The Bertz CT molecular complexity index is 1050. The molecule has 1 aliphatic heterocycles. The number of carbonyl (C=O) groups excluding carboxylic acids is 1. The van der Waals surface area contributed by atoms with Gasteiger partial charge < -0.3 is 15.0 Å².